The van der Waals surface area contributed by atoms with Gasteiger partial charge in [-0.05, 0) is 13.3 Å². The first kappa shape index (κ1) is 13.8. The Morgan fingerprint density at radius 3 is 2.90 bits per heavy atom. The van der Waals surface area contributed by atoms with Crippen LogP contribution in [-0.4, -0.2) is 30.8 Å². The fourth-order valence-electron chi connectivity index (χ4n) is 2.31. The summed E-state index contributed by atoms with van der Waals surface area (Å²) in [4.78, 5) is 12.0. The third-order valence-corrected chi connectivity index (χ3v) is 3.66. The monoisotopic (exact) mass is 286 g/mol. The molecule has 1 aliphatic heterocycles. The highest BCUT2D eigenvalue weighted by Gasteiger charge is 2.19. The molecule has 0 unspecified atom stereocenters. The molecule has 0 bridgehead atoms. The number of nitrogens with one attached hydrogen (secondary N) is 1. The molecule has 1 N–H and O–H groups in total. The predicted molar refractivity (Wildman–Crippen MR) is 77.9 cm³/mol. The molecule has 2 aromatic rings. The van der Waals surface area contributed by atoms with Gasteiger partial charge in [0.15, 0.2) is 0 Å². The maximum absolute atomic E-state index is 12.0. The number of aromatic nitrogens is 1. The highest BCUT2D eigenvalue weighted by atomic mass is 16.5. The number of carbonyl (C=O) groups excluding carboxylic acids is 1. The highest BCUT2D eigenvalue weighted by Crippen LogP contribution is 2.19. The summed E-state index contributed by atoms with van der Waals surface area (Å²) in [6, 6.07) is 9.61. The van der Waals surface area contributed by atoms with Crippen LogP contribution in [-0.2, 0) is 4.74 Å². The summed E-state index contributed by atoms with van der Waals surface area (Å²) in [5, 5.41) is 6.82. The Morgan fingerprint density at radius 1 is 1.38 bits per heavy atom. The lowest BCUT2D eigenvalue weighted by molar-refractivity contribution is 0.0908. The molecule has 1 fully saturated rings. The van der Waals surface area contributed by atoms with Crippen molar-refractivity contribution in [2.75, 3.05) is 19.8 Å². The first-order chi connectivity index (χ1) is 10.2. The zero-order chi connectivity index (χ0) is 14.7. The minimum atomic E-state index is -0.229. The number of benzene rings is 1. The van der Waals surface area contributed by atoms with Crippen molar-refractivity contribution < 1.29 is 14.1 Å². The standard InChI is InChI=1S/C16H18N2O3/c1-11-2-4-13(5-3-11)14-8-15(21-18-14)16(19)17-9-12-6-7-20-10-12/h2-5,8,12H,6-7,9-10H2,1H3,(H,17,19)/t12-/m0/s1. The van der Waals surface area contributed by atoms with Crippen LogP contribution >= 0.6 is 0 Å². The molecular weight excluding hydrogens is 268 g/mol. The van der Waals surface area contributed by atoms with Crippen LogP contribution in [0, 0.1) is 12.8 Å². The predicted octanol–water partition coefficient (Wildman–Crippen LogP) is 2.42. The summed E-state index contributed by atoms with van der Waals surface area (Å²) in [6.07, 6.45) is 0.991. The van der Waals surface area contributed by atoms with Crippen LogP contribution < -0.4 is 5.32 Å². The van der Waals surface area contributed by atoms with E-state index in [4.69, 9.17) is 9.26 Å². The largest absolute Gasteiger partial charge is 0.381 e. The molecule has 0 saturated carbocycles. The van der Waals surface area contributed by atoms with E-state index in [0.717, 1.165) is 18.6 Å². The van der Waals surface area contributed by atoms with E-state index in [2.05, 4.69) is 10.5 Å². The van der Waals surface area contributed by atoms with E-state index < -0.39 is 0 Å². The normalized spacial score (nSPS) is 17.9. The number of ether oxygens (including phenoxy) is 1. The zero-order valence-electron chi connectivity index (χ0n) is 12.0. The molecule has 1 amide bonds. The molecule has 1 aliphatic rings. The summed E-state index contributed by atoms with van der Waals surface area (Å²) >= 11 is 0. The first-order valence-electron chi connectivity index (χ1n) is 7.12. The Morgan fingerprint density at radius 2 is 2.19 bits per heavy atom. The Bertz CT molecular complexity index is 613. The Balaban J connectivity index is 1.63. The van der Waals surface area contributed by atoms with E-state index in [1.807, 2.05) is 31.2 Å². The molecule has 21 heavy (non-hydrogen) atoms. The third kappa shape index (κ3) is 3.31. The molecule has 1 aromatic carbocycles. The summed E-state index contributed by atoms with van der Waals surface area (Å²) in [7, 11) is 0. The van der Waals surface area contributed by atoms with Crippen LogP contribution in [0.5, 0.6) is 0 Å². The van der Waals surface area contributed by atoms with Gasteiger partial charge in [-0.2, -0.15) is 0 Å². The number of carbonyl (C=O) groups is 1. The van der Waals surface area contributed by atoms with Crippen molar-refractivity contribution in [3.8, 4) is 11.3 Å². The molecule has 0 aliphatic carbocycles. The number of aryl methyl sites for hydroxylation is 1. The van der Waals surface area contributed by atoms with E-state index in [-0.39, 0.29) is 11.7 Å². The van der Waals surface area contributed by atoms with Crippen molar-refractivity contribution in [1.82, 2.24) is 10.5 Å². The van der Waals surface area contributed by atoms with Crippen LogP contribution in [0.15, 0.2) is 34.9 Å². The van der Waals surface area contributed by atoms with Crippen molar-refractivity contribution in [2.24, 2.45) is 5.92 Å². The van der Waals surface area contributed by atoms with Crippen LogP contribution in [0.1, 0.15) is 22.5 Å². The van der Waals surface area contributed by atoms with Crippen LogP contribution in [0.3, 0.4) is 0 Å². The molecule has 110 valence electrons. The number of hydrogen-bond acceptors (Lipinski definition) is 4. The molecule has 5 heteroatoms. The fourth-order valence-corrected chi connectivity index (χ4v) is 2.31. The second-order valence-corrected chi connectivity index (χ2v) is 5.38. The Kier molecular flexibility index (Phi) is 4.01. The average molecular weight is 286 g/mol. The Hall–Kier alpha value is -2.14. The number of nitrogens with zero attached hydrogens (tertiary/aromatic N) is 1. The summed E-state index contributed by atoms with van der Waals surface area (Å²) < 4.78 is 10.4. The van der Waals surface area contributed by atoms with Crippen LogP contribution in [0.4, 0.5) is 0 Å². The summed E-state index contributed by atoms with van der Waals surface area (Å²) in [6.45, 7) is 4.13. The van der Waals surface area contributed by atoms with E-state index in [1.54, 1.807) is 6.07 Å². The maximum Gasteiger partial charge on any atom is 0.289 e. The van der Waals surface area contributed by atoms with Gasteiger partial charge in [0, 0.05) is 30.7 Å². The number of rotatable bonds is 4. The van der Waals surface area contributed by atoms with Gasteiger partial charge in [-0.15, -0.1) is 0 Å². The molecule has 2 heterocycles. The summed E-state index contributed by atoms with van der Waals surface area (Å²) in [5.41, 5.74) is 2.79. The highest BCUT2D eigenvalue weighted by molar-refractivity contribution is 5.92. The molecule has 5 nitrogen and oxygen atoms in total. The Labute approximate surface area is 123 Å². The molecule has 1 atom stereocenters. The third-order valence-electron chi connectivity index (χ3n) is 3.66. The van der Waals surface area contributed by atoms with Crippen molar-refractivity contribution in [3.63, 3.8) is 0 Å². The van der Waals surface area contributed by atoms with Crippen molar-refractivity contribution in [2.45, 2.75) is 13.3 Å². The maximum atomic E-state index is 12.0. The van der Waals surface area contributed by atoms with Gasteiger partial charge in [-0.3, -0.25) is 4.79 Å². The van der Waals surface area contributed by atoms with Gasteiger partial charge in [0.05, 0.1) is 6.61 Å². The van der Waals surface area contributed by atoms with Gasteiger partial charge < -0.3 is 14.6 Å². The van der Waals surface area contributed by atoms with Gasteiger partial charge >= 0.3 is 0 Å². The average Bonchev–Trinajstić information content (AvgIpc) is 3.17. The van der Waals surface area contributed by atoms with Crippen molar-refractivity contribution in [1.29, 1.82) is 0 Å². The minimum Gasteiger partial charge on any atom is -0.381 e. The SMILES string of the molecule is Cc1ccc(-c2cc(C(=O)NC[C@@H]3CCOC3)on2)cc1. The smallest absolute Gasteiger partial charge is 0.289 e. The molecule has 1 saturated heterocycles. The summed E-state index contributed by atoms with van der Waals surface area (Å²) in [5.74, 6) is 0.408. The lowest BCUT2D eigenvalue weighted by Crippen LogP contribution is -2.29. The van der Waals surface area contributed by atoms with Crippen molar-refractivity contribution in [3.05, 3.63) is 41.7 Å². The second-order valence-electron chi connectivity index (χ2n) is 5.38. The van der Waals surface area contributed by atoms with Gasteiger partial charge in [-0.1, -0.05) is 35.0 Å². The topological polar surface area (TPSA) is 64.4 Å². The lowest BCUT2D eigenvalue weighted by Gasteiger charge is -2.07. The number of hydrogen-bond donors (Lipinski definition) is 1. The lowest BCUT2D eigenvalue weighted by atomic mass is 10.1. The minimum absolute atomic E-state index is 0.229. The van der Waals surface area contributed by atoms with E-state index in [0.29, 0.717) is 24.8 Å². The van der Waals surface area contributed by atoms with Gasteiger partial charge in [-0.25, -0.2) is 0 Å². The van der Waals surface area contributed by atoms with E-state index in [1.165, 1.54) is 5.56 Å². The fraction of sp³-hybridized carbons (Fsp3) is 0.375. The first-order valence-corrected chi connectivity index (χ1v) is 7.12. The quantitative estimate of drug-likeness (QED) is 0.937. The van der Waals surface area contributed by atoms with Crippen LogP contribution in [0.2, 0.25) is 0 Å². The van der Waals surface area contributed by atoms with E-state index >= 15 is 0 Å². The molecule has 3 rings (SSSR count). The second kappa shape index (κ2) is 6.10. The van der Waals surface area contributed by atoms with Gasteiger partial charge in [0.2, 0.25) is 5.76 Å². The molecule has 1 aromatic heterocycles. The molecule has 0 radical (unpaired) electrons. The van der Waals surface area contributed by atoms with Gasteiger partial charge in [0.1, 0.15) is 5.69 Å². The zero-order valence-corrected chi connectivity index (χ0v) is 12.0. The van der Waals surface area contributed by atoms with Gasteiger partial charge in [0.25, 0.3) is 5.91 Å². The van der Waals surface area contributed by atoms with E-state index in [9.17, 15) is 4.79 Å². The van der Waals surface area contributed by atoms with Crippen LogP contribution in [0.25, 0.3) is 11.3 Å². The van der Waals surface area contributed by atoms with Crippen molar-refractivity contribution >= 4 is 5.91 Å². The molecule has 0 spiro atoms. The number of amides is 1. The molecular formula is C16H18N2O3.